The summed E-state index contributed by atoms with van der Waals surface area (Å²) in [7, 11) is 0. The monoisotopic (exact) mass is 427 g/mol. The number of thiophene rings is 1. The molecule has 0 saturated carbocycles. The molecule has 7 nitrogen and oxygen atoms in total. The number of hydrogen-bond donors (Lipinski definition) is 3. The smallest absolute Gasteiger partial charge is 0.256 e. The molecule has 3 heterocycles. The average Bonchev–Trinajstić information content (AvgIpc) is 3.38. The zero-order valence-corrected chi connectivity index (χ0v) is 17.4. The van der Waals surface area contributed by atoms with E-state index in [4.69, 9.17) is 0 Å². The Morgan fingerprint density at radius 3 is 2.73 bits per heavy atom. The van der Waals surface area contributed by atoms with Crippen molar-refractivity contribution in [2.24, 2.45) is 5.92 Å². The fraction of sp³-hybridized carbons (Fsp3) is 0.286. The maximum atomic E-state index is 13.2. The Balaban J connectivity index is 1.67. The number of carbonyl (C=O) groups excluding carboxylic acids is 2. The van der Waals surface area contributed by atoms with Crippen LogP contribution in [-0.2, 0) is 4.79 Å². The summed E-state index contributed by atoms with van der Waals surface area (Å²) < 4.78 is 14.8. The van der Waals surface area contributed by atoms with E-state index in [9.17, 15) is 14.0 Å². The second kappa shape index (κ2) is 8.37. The minimum absolute atomic E-state index is 0.0150. The van der Waals surface area contributed by atoms with Gasteiger partial charge in [0.25, 0.3) is 5.91 Å². The van der Waals surface area contributed by atoms with E-state index < -0.39 is 18.0 Å². The first-order chi connectivity index (χ1) is 14.4. The predicted molar refractivity (Wildman–Crippen MR) is 113 cm³/mol. The van der Waals surface area contributed by atoms with Gasteiger partial charge in [-0.05, 0) is 41.6 Å². The summed E-state index contributed by atoms with van der Waals surface area (Å²) in [4.78, 5) is 25.9. The Kier molecular flexibility index (Phi) is 5.65. The number of anilines is 1. The van der Waals surface area contributed by atoms with Gasteiger partial charge in [-0.15, -0.1) is 11.3 Å². The van der Waals surface area contributed by atoms with Gasteiger partial charge in [-0.2, -0.15) is 5.10 Å². The topological polar surface area (TPSA) is 88.1 Å². The Bertz CT molecular complexity index is 1050. The van der Waals surface area contributed by atoms with Gasteiger partial charge >= 0.3 is 0 Å². The number of rotatable bonds is 5. The number of carbonyl (C=O) groups is 2. The molecular formula is C21H22FN5O2S. The van der Waals surface area contributed by atoms with Crippen LogP contribution in [0.3, 0.4) is 0 Å². The van der Waals surface area contributed by atoms with E-state index >= 15 is 0 Å². The lowest BCUT2D eigenvalue weighted by atomic mass is 9.99. The average molecular weight is 428 g/mol. The highest BCUT2D eigenvalue weighted by Gasteiger charge is 2.31. The lowest BCUT2D eigenvalue weighted by Crippen LogP contribution is -2.55. The second-order valence-electron chi connectivity index (χ2n) is 7.49. The predicted octanol–water partition coefficient (Wildman–Crippen LogP) is 3.59. The van der Waals surface area contributed by atoms with E-state index in [1.165, 1.54) is 35.6 Å². The number of hydrogen-bond acceptors (Lipinski definition) is 5. The highest BCUT2D eigenvalue weighted by molar-refractivity contribution is 7.13. The van der Waals surface area contributed by atoms with Crippen molar-refractivity contribution in [2.75, 3.05) is 5.32 Å². The van der Waals surface area contributed by atoms with Gasteiger partial charge in [0, 0.05) is 24.1 Å². The number of nitrogens with zero attached hydrogens (tertiary/aromatic N) is 2. The van der Waals surface area contributed by atoms with Crippen LogP contribution in [0.4, 0.5) is 10.2 Å². The lowest BCUT2D eigenvalue weighted by Gasteiger charge is -2.34. The van der Waals surface area contributed by atoms with Crippen LogP contribution in [0.15, 0.2) is 47.8 Å². The number of amides is 2. The van der Waals surface area contributed by atoms with Crippen molar-refractivity contribution in [3.05, 3.63) is 59.2 Å². The Labute approximate surface area is 177 Å². The van der Waals surface area contributed by atoms with Gasteiger partial charge in [0.2, 0.25) is 5.91 Å². The molecule has 0 aliphatic carbocycles. The summed E-state index contributed by atoms with van der Waals surface area (Å²) in [6.07, 6.45) is -0.222. The van der Waals surface area contributed by atoms with Gasteiger partial charge in [0.05, 0.1) is 4.88 Å². The quantitative estimate of drug-likeness (QED) is 0.581. The third-order valence-electron chi connectivity index (χ3n) is 4.98. The van der Waals surface area contributed by atoms with Crippen molar-refractivity contribution in [1.82, 2.24) is 20.4 Å². The molecule has 2 amide bonds. The van der Waals surface area contributed by atoms with Crippen LogP contribution in [-0.4, -0.2) is 27.6 Å². The number of aromatic nitrogens is 2. The molecule has 1 aliphatic rings. The molecule has 0 radical (unpaired) electrons. The van der Waals surface area contributed by atoms with Crippen molar-refractivity contribution in [1.29, 1.82) is 0 Å². The molecule has 1 aliphatic heterocycles. The second-order valence-corrected chi connectivity index (χ2v) is 8.44. The summed E-state index contributed by atoms with van der Waals surface area (Å²) >= 11 is 1.53. The van der Waals surface area contributed by atoms with E-state index in [-0.39, 0.29) is 17.9 Å². The minimum atomic E-state index is -0.601. The van der Waals surface area contributed by atoms with Gasteiger partial charge in [-0.1, -0.05) is 19.9 Å². The highest BCUT2D eigenvalue weighted by Crippen LogP contribution is 2.28. The zero-order valence-electron chi connectivity index (χ0n) is 16.6. The number of halogens is 1. The van der Waals surface area contributed by atoms with E-state index in [2.05, 4.69) is 21.0 Å². The van der Waals surface area contributed by atoms with Gasteiger partial charge in [0.15, 0.2) is 6.29 Å². The third kappa shape index (κ3) is 4.27. The third-order valence-corrected chi connectivity index (χ3v) is 5.87. The molecule has 156 valence electrons. The van der Waals surface area contributed by atoms with Crippen LogP contribution in [0.1, 0.15) is 36.9 Å². The van der Waals surface area contributed by atoms with Crippen LogP contribution in [0, 0.1) is 11.7 Å². The van der Waals surface area contributed by atoms with Crippen LogP contribution >= 0.6 is 11.3 Å². The molecule has 3 aromatic rings. The Morgan fingerprint density at radius 1 is 1.30 bits per heavy atom. The Hall–Kier alpha value is -3.04. The summed E-state index contributed by atoms with van der Waals surface area (Å²) in [5, 5.41) is 15.7. The number of nitrogens with one attached hydrogen (secondary N) is 3. The van der Waals surface area contributed by atoms with Crippen molar-refractivity contribution in [3.8, 4) is 10.6 Å². The molecule has 1 aromatic carbocycles. The van der Waals surface area contributed by atoms with Crippen LogP contribution in [0.5, 0.6) is 0 Å². The first kappa shape index (κ1) is 20.2. The van der Waals surface area contributed by atoms with Crippen LogP contribution in [0.2, 0.25) is 0 Å². The normalized spacial score (nSPS) is 19.0. The van der Waals surface area contributed by atoms with Gasteiger partial charge in [-0.3, -0.25) is 14.9 Å². The van der Waals surface area contributed by atoms with E-state index in [1.54, 1.807) is 10.7 Å². The van der Waals surface area contributed by atoms with Crippen LogP contribution in [0.25, 0.3) is 10.6 Å². The number of benzene rings is 1. The lowest BCUT2D eigenvalue weighted by molar-refractivity contribution is -0.126. The summed E-state index contributed by atoms with van der Waals surface area (Å²) in [6.45, 7) is 4.09. The molecular weight excluding hydrogens is 405 g/mol. The van der Waals surface area contributed by atoms with Gasteiger partial charge in [0.1, 0.15) is 17.3 Å². The standard InChI is InChI=1S/C21H22FN5O2S/c1-12(2)15-11-19(28)25-21(23-15)27-18(10-16(26-27)17-4-3-9-30-17)24-20(29)13-5-7-14(22)8-6-13/h3-10,12,15,21,23H,11H2,1-2H3,(H,24,29)(H,25,28). The van der Waals surface area contributed by atoms with E-state index in [1.807, 2.05) is 31.4 Å². The summed E-state index contributed by atoms with van der Waals surface area (Å²) in [5.41, 5.74) is 1.00. The van der Waals surface area contributed by atoms with Crippen molar-refractivity contribution < 1.29 is 14.0 Å². The largest absolute Gasteiger partial charge is 0.322 e. The molecule has 1 fully saturated rings. The molecule has 2 aromatic heterocycles. The first-order valence-electron chi connectivity index (χ1n) is 9.66. The van der Waals surface area contributed by atoms with Crippen molar-refractivity contribution in [3.63, 3.8) is 0 Å². The molecule has 3 N–H and O–H groups in total. The molecule has 0 bridgehead atoms. The minimum Gasteiger partial charge on any atom is -0.322 e. The molecule has 4 rings (SSSR count). The van der Waals surface area contributed by atoms with Crippen molar-refractivity contribution >= 4 is 29.0 Å². The first-order valence-corrected chi connectivity index (χ1v) is 10.5. The maximum Gasteiger partial charge on any atom is 0.256 e. The molecule has 1 saturated heterocycles. The summed E-state index contributed by atoms with van der Waals surface area (Å²) in [6, 6.07) is 10.9. The molecule has 30 heavy (non-hydrogen) atoms. The van der Waals surface area contributed by atoms with E-state index in [0.717, 1.165) is 4.88 Å². The van der Waals surface area contributed by atoms with Gasteiger partial charge in [-0.25, -0.2) is 9.07 Å². The molecule has 0 spiro atoms. The maximum absolute atomic E-state index is 13.2. The molecule has 9 heteroatoms. The molecule has 2 atom stereocenters. The fourth-order valence-corrected chi connectivity index (χ4v) is 3.97. The van der Waals surface area contributed by atoms with Crippen molar-refractivity contribution in [2.45, 2.75) is 32.6 Å². The summed E-state index contributed by atoms with van der Waals surface area (Å²) in [5.74, 6) is -0.207. The fourth-order valence-electron chi connectivity index (χ4n) is 3.29. The highest BCUT2D eigenvalue weighted by atomic mass is 32.1. The van der Waals surface area contributed by atoms with Gasteiger partial charge < -0.3 is 10.6 Å². The molecule has 2 unspecified atom stereocenters. The zero-order chi connectivity index (χ0) is 21.3. The SMILES string of the molecule is CC(C)C1CC(=O)NC(n2nc(-c3cccs3)cc2NC(=O)c2ccc(F)cc2)N1. The Morgan fingerprint density at radius 2 is 2.07 bits per heavy atom. The van der Waals surface area contributed by atoms with Crippen LogP contribution < -0.4 is 16.0 Å². The van der Waals surface area contributed by atoms with E-state index in [0.29, 0.717) is 23.5 Å².